The van der Waals surface area contributed by atoms with Gasteiger partial charge in [0.15, 0.2) is 0 Å². The van der Waals surface area contributed by atoms with E-state index in [9.17, 15) is 9.59 Å². The van der Waals surface area contributed by atoms with E-state index in [1.54, 1.807) is 7.05 Å². The largest absolute Gasteiger partial charge is 0.324 e. The van der Waals surface area contributed by atoms with E-state index in [1.807, 2.05) is 0 Å². The monoisotopic (exact) mass is 183 g/mol. The van der Waals surface area contributed by atoms with Crippen LogP contribution >= 0.6 is 0 Å². The zero-order chi connectivity index (χ0) is 9.47. The number of hydrogen-bond acceptors (Lipinski definition) is 3. The summed E-state index contributed by atoms with van der Waals surface area (Å²) in [4.78, 5) is 24.3. The van der Waals surface area contributed by atoms with Crippen molar-refractivity contribution in [3.63, 3.8) is 0 Å². The van der Waals surface area contributed by atoms with Crippen molar-refractivity contribution in [2.75, 3.05) is 20.1 Å². The van der Waals surface area contributed by atoms with Gasteiger partial charge in [-0.2, -0.15) is 0 Å². The van der Waals surface area contributed by atoms with Crippen molar-refractivity contribution in [3.8, 4) is 0 Å². The van der Waals surface area contributed by atoms with Crippen LogP contribution in [0.15, 0.2) is 0 Å². The Morgan fingerprint density at radius 1 is 1.46 bits per heavy atom. The molecule has 1 unspecified atom stereocenters. The molecular formula is C8H13N3O2. The number of amides is 3. The number of likely N-dealkylation sites (N-methyl/N-ethyl adjacent to an activating group) is 1. The topological polar surface area (TPSA) is 61.4 Å². The van der Waals surface area contributed by atoms with Gasteiger partial charge in [0, 0.05) is 13.6 Å². The zero-order valence-corrected chi connectivity index (χ0v) is 7.59. The fraction of sp³-hybridized carbons (Fsp3) is 0.750. The normalized spacial score (nSPS) is 34.1. The second kappa shape index (κ2) is 2.70. The summed E-state index contributed by atoms with van der Waals surface area (Å²) in [5.74, 6) is -0.160. The summed E-state index contributed by atoms with van der Waals surface area (Å²) in [6.07, 6.45) is 1.69. The van der Waals surface area contributed by atoms with E-state index in [0.717, 1.165) is 19.4 Å². The average molecular weight is 183 g/mol. The second-order valence-corrected chi connectivity index (χ2v) is 3.63. The van der Waals surface area contributed by atoms with Crippen LogP contribution < -0.4 is 10.6 Å². The molecule has 0 aliphatic carbocycles. The molecule has 2 N–H and O–H groups in total. The van der Waals surface area contributed by atoms with Crippen molar-refractivity contribution < 1.29 is 9.59 Å². The number of nitrogens with zero attached hydrogens (tertiary/aromatic N) is 1. The first-order valence-electron chi connectivity index (χ1n) is 4.47. The molecule has 5 nitrogen and oxygen atoms in total. The Kier molecular flexibility index (Phi) is 1.76. The molecule has 0 aromatic rings. The van der Waals surface area contributed by atoms with Gasteiger partial charge in [0.25, 0.3) is 5.91 Å². The number of nitrogens with one attached hydrogen (secondary N) is 2. The highest BCUT2D eigenvalue weighted by Gasteiger charge is 2.51. The minimum Gasteiger partial charge on any atom is -0.314 e. The molecule has 1 atom stereocenters. The van der Waals surface area contributed by atoms with Crippen LogP contribution in [0.2, 0.25) is 0 Å². The predicted molar refractivity (Wildman–Crippen MR) is 46.1 cm³/mol. The lowest BCUT2D eigenvalue weighted by molar-refractivity contribution is -0.127. The van der Waals surface area contributed by atoms with Crippen LogP contribution in [0, 0.1) is 0 Å². The van der Waals surface area contributed by atoms with E-state index in [0.29, 0.717) is 6.54 Å². The maximum absolute atomic E-state index is 11.6. The molecule has 0 saturated carbocycles. The van der Waals surface area contributed by atoms with Crippen LogP contribution in [-0.2, 0) is 4.79 Å². The van der Waals surface area contributed by atoms with Gasteiger partial charge >= 0.3 is 6.03 Å². The highest BCUT2D eigenvalue weighted by atomic mass is 16.2. The van der Waals surface area contributed by atoms with E-state index < -0.39 is 5.54 Å². The summed E-state index contributed by atoms with van der Waals surface area (Å²) < 4.78 is 0. The lowest BCUT2D eigenvalue weighted by atomic mass is 9.89. The molecule has 2 rings (SSSR count). The summed E-state index contributed by atoms with van der Waals surface area (Å²) in [6, 6.07) is -0.284. The molecular weight excluding hydrogens is 170 g/mol. The van der Waals surface area contributed by atoms with Gasteiger partial charge in [-0.15, -0.1) is 0 Å². The number of imide groups is 1. The third-order valence-corrected chi connectivity index (χ3v) is 2.95. The Labute approximate surface area is 76.5 Å². The zero-order valence-electron chi connectivity index (χ0n) is 7.59. The third kappa shape index (κ3) is 1.03. The van der Waals surface area contributed by atoms with Gasteiger partial charge in [0.2, 0.25) is 0 Å². The first kappa shape index (κ1) is 8.50. The molecule has 0 bridgehead atoms. The Bertz CT molecular complexity index is 258. The smallest absolute Gasteiger partial charge is 0.314 e. The van der Waals surface area contributed by atoms with Gasteiger partial charge < -0.3 is 10.2 Å². The number of urea groups is 1. The highest BCUT2D eigenvalue weighted by molar-refractivity contribution is 6.07. The molecule has 0 aromatic heterocycles. The van der Waals surface area contributed by atoms with Gasteiger partial charge in [-0.1, -0.05) is 0 Å². The van der Waals surface area contributed by atoms with Crippen molar-refractivity contribution >= 4 is 11.9 Å². The first-order valence-corrected chi connectivity index (χ1v) is 4.47. The van der Waals surface area contributed by atoms with Crippen LogP contribution in [0.1, 0.15) is 12.8 Å². The fourth-order valence-electron chi connectivity index (χ4n) is 2.01. The summed E-state index contributed by atoms with van der Waals surface area (Å²) in [7, 11) is 1.67. The lowest BCUT2D eigenvalue weighted by Crippen LogP contribution is -2.57. The number of carbonyl (C=O) groups excluding carboxylic acids is 2. The molecule has 2 fully saturated rings. The molecule has 2 aliphatic rings. The van der Waals surface area contributed by atoms with Crippen molar-refractivity contribution in [2.45, 2.75) is 18.4 Å². The Morgan fingerprint density at radius 3 is 2.69 bits per heavy atom. The fourth-order valence-corrected chi connectivity index (χ4v) is 2.01. The molecule has 1 spiro atoms. The third-order valence-electron chi connectivity index (χ3n) is 2.95. The first-order chi connectivity index (χ1) is 6.17. The minimum absolute atomic E-state index is 0.160. The van der Waals surface area contributed by atoms with E-state index in [-0.39, 0.29) is 11.9 Å². The molecule has 0 aromatic carbocycles. The van der Waals surface area contributed by atoms with Crippen LogP contribution in [0.25, 0.3) is 0 Å². The van der Waals surface area contributed by atoms with Gasteiger partial charge in [-0.25, -0.2) is 4.79 Å². The molecule has 5 heteroatoms. The Balaban J connectivity index is 2.28. The van der Waals surface area contributed by atoms with Crippen molar-refractivity contribution in [1.82, 2.24) is 15.5 Å². The van der Waals surface area contributed by atoms with Crippen LogP contribution in [0.3, 0.4) is 0 Å². The van der Waals surface area contributed by atoms with E-state index in [4.69, 9.17) is 0 Å². The van der Waals surface area contributed by atoms with Crippen LogP contribution in [-0.4, -0.2) is 42.5 Å². The van der Waals surface area contributed by atoms with Gasteiger partial charge in [-0.05, 0) is 19.4 Å². The van der Waals surface area contributed by atoms with E-state index >= 15 is 0 Å². The maximum Gasteiger partial charge on any atom is 0.324 e. The summed E-state index contributed by atoms with van der Waals surface area (Å²) in [5, 5.41) is 5.48. The van der Waals surface area contributed by atoms with E-state index in [1.165, 1.54) is 4.90 Å². The molecule has 13 heavy (non-hydrogen) atoms. The van der Waals surface area contributed by atoms with Crippen LogP contribution in [0.4, 0.5) is 4.79 Å². The highest BCUT2D eigenvalue weighted by Crippen LogP contribution is 2.26. The standard InChI is InChI=1S/C8H13N3O2/c1-11-7(13)10-6(12)8(11)3-2-4-9-5-8/h9H,2-5H2,1H3,(H,10,12,13). The van der Waals surface area contributed by atoms with Crippen molar-refractivity contribution in [3.05, 3.63) is 0 Å². The molecule has 2 heterocycles. The van der Waals surface area contributed by atoms with E-state index in [2.05, 4.69) is 10.6 Å². The Morgan fingerprint density at radius 2 is 2.23 bits per heavy atom. The molecule has 2 aliphatic heterocycles. The minimum atomic E-state index is -0.616. The average Bonchev–Trinajstić information content (AvgIpc) is 2.34. The van der Waals surface area contributed by atoms with Crippen LogP contribution in [0.5, 0.6) is 0 Å². The number of carbonyl (C=O) groups is 2. The predicted octanol–water partition coefficient (Wildman–Crippen LogP) is -0.710. The SMILES string of the molecule is CN1C(=O)NC(=O)C12CCCNC2. The molecule has 2 saturated heterocycles. The van der Waals surface area contributed by atoms with Gasteiger partial charge in [-0.3, -0.25) is 10.1 Å². The summed E-state index contributed by atoms with van der Waals surface area (Å²) in [6.45, 7) is 1.50. The number of rotatable bonds is 0. The molecule has 72 valence electrons. The molecule has 0 radical (unpaired) electrons. The number of piperidine rings is 1. The maximum atomic E-state index is 11.6. The van der Waals surface area contributed by atoms with Crippen molar-refractivity contribution in [2.24, 2.45) is 0 Å². The van der Waals surface area contributed by atoms with Gasteiger partial charge in [0.05, 0.1) is 0 Å². The summed E-state index contributed by atoms with van der Waals surface area (Å²) >= 11 is 0. The Hall–Kier alpha value is -1.10. The van der Waals surface area contributed by atoms with Gasteiger partial charge in [0.1, 0.15) is 5.54 Å². The summed E-state index contributed by atoms with van der Waals surface area (Å²) in [5.41, 5.74) is -0.616. The van der Waals surface area contributed by atoms with Crippen molar-refractivity contribution in [1.29, 1.82) is 0 Å². The number of hydrogen-bond donors (Lipinski definition) is 2. The quantitative estimate of drug-likeness (QED) is 0.488. The molecule has 3 amide bonds. The second-order valence-electron chi connectivity index (χ2n) is 3.63. The lowest BCUT2D eigenvalue weighted by Gasteiger charge is -2.36.